The molecule has 1 saturated heterocycles. The summed E-state index contributed by atoms with van der Waals surface area (Å²) in [6.45, 7) is 2.50. The molecule has 4 aromatic rings. The summed E-state index contributed by atoms with van der Waals surface area (Å²) in [6, 6.07) is 19.9. The highest BCUT2D eigenvalue weighted by Crippen LogP contribution is 2.39. The van der Waals surface area contributed by atoms with E-state index in [1.54, 1.807) is 11.0 Å². The summed E-state index contributed by atoms with van der Waals surface area (Å²) >= 11 is 0. The van der Waals surface area contributed by atoms with Gasteiger partial charge in [-0.3, -0.25) is 4.79 Å². The molecule has 5 nitrogen and oxygen atoms in total. The molecule has 194 valence electrons. The van der Waals surface area contributed by atoms with E-state index >= 15 is 0 Å². The van der Waals surface area contributed by atoms with Crippen LogP contribution in [0.4, 0.5) is 18.9 Å². The van der Waals surface area contributed by atoms with Crippen LogP contribution in [0.5, 0.6) is 0 Å². The van der Waals surface area contributed by atoms with Crippen molar-refractivity contribution in [3.63, 3.8) is 0 Å². The number of rotatable bonds is 5. The van der Waals surface area contributed by atoms with Crippen LogP contribution in [0, 0.1) is 17.5 Å². The van der Waals surface area contributed by atoms with Crippen LogP contribution in [-0.2, 0) is 12.8 Å². The first-order chi connectivity index (χ1) is 18.5. The SMILES string of the molecule is O=C(c1nn(-c2ccc(F)cc2F)c2c1CCC2Cc1cccc(F)c1)N1CCN(c2ccccc2)CC1. The normalized spacial score (nSPS) is 17.1. The molecule has 0 N–H and O–H groups in total. The zero-order chi connectivity index (χ0) is 26.2. The number of halogens is 3. The lowest BCUT2D eigenvalue weighted by atomic mass is 9.97. The second-order valence-electron chi connectivity index (χ2n) is 9.90. The predicted octanol–water partition coefficient (Wildman–Crippen LogP) is 5.52. The lowest BCUT2D eigenvalue weighted by Crippen LogP contribution is -2.49. The Hall–Kier alpha value is -4.07. The highest BCUT2D eigenvalue weighted by Gasteiger charge is 2.36. The Morgan fingerprint density at radius 3 is 2.37 bits per heavy atom. The van der Waals surface area contributed by atoms with Crippen molar-refractivity contribution < 1.29 is 18.0 Å². The molecule has 3 aromatic carbocycles. The smallest absolute Gasteiger partial charge is 0.274 e. The van der Waals surface area contributed by atoms with E-state index in [0.717, 1.165) is 35.0 Å². The summed E-state index contributed by atoms with van der Waals surface area (Å²) in [6.07, 6.45) is 1.88. The maximum absolute atomic E-state index is 14.9. The van der Waals surface area contributed by atoms with Gasteiger partial charge in [-0.15, -0.1) is 0 Å². The zero-order valence-corrected chi connectivity index (χ0v) is 20.8. The van der Waals surface area contributed by atoms with E-state index in [1.165, 1.54) is 28.9 Å². The Kier molecular flexibility index (Phi) is 6.39. The number of hydrogen-bond acceptors (Lipinski definition) is 3. The number of hydrogen-bond donors (Lipinski definition) is 0. The van der Waals surface area contributed by atoms with Crippen LogP contribution in [-0.4, -0.2) is 46.8 Å². The molecule has 2 aliphatic rings. The van der Waals surface area contributed by atoms with Gasteiger partial charge in [0.05, 0.1) is 5.69 Å². The van der Waals surface area contributed by atoms with Crippen LogP contribution in [0.1, 0.15) is 39.6 Å². The summed E-state index contributed by atoms with van der Waals surface area (Å²) in [4.78, 5) is 17.8. The molecule has 0 radical (unpaired) electrons. The van der Waals surface area contributed by atoms with Crippen LogP contribution in [0.2, 0.25) is 0 Å². The Morgan fingerprint density at radius 1 is 0.868 bits per heavy atom. The first kappa shape index (κ1) is 24.3. The van der Waals surface area contributed by atoms with Crippen LogP contribution in [0.15, 0.2) is 72.8 Å². The van der Waals surface area contributed by atoms with E-state index in [0.29, 0.717) is 44.7 Å². The van der Waals surface area contributed by atoms with Crippen LogP contribution < -0.4 is 4.90 Å². The van der Waals surface area contributed by atoms with Crippen molar-refractivity contribution in [2.75, 3.05) is 31.1 Å². The molecule has 0 spiro atoms. The standard InChI is InChI=1S/C30H27F3N4O/c31-22-6-4-5-20(18-22)17-21-9-11-25-28(34-37(29(21)25)27-12-10-23(32)19-26(27)33)30(38)36-15-13-35(14-16-36)24-7-2-1-3-8-24/h1-8,10,12,18-19,21H,9,11,13-17H2. The highest BCUT2D eigenvalue weighted by molar-refractivity contribution is 5.94. The number of fused-ring (bicyclic) bond motifs is 1. The molecule has 1 aliphatic carbocycles. The largest absolute Gasteiger partial charge is 0.368 e. The number of carbonyl (C=O) groups excluding carboxylic acids is 1. The van der Waals surface area contributed by atoms with E-state index < -0.39 is 11.6 Å². The summed E-state index contributed by atoms with van der Waals surface area (Å²) in [5.74, 6) is -2.01. The number of nitrogens with zero attached hydrogens (tertiary/aromatic N) is 4. The molecule has 1 unspecified atom stereocenters. The first-order valence-corrected chi connectivity index (χ1v) is 12.9. The monoisotopic (exact) mass is 516 g/mol. The molecule has 1 amide bonds. The maximum atomic E-state index is 14.9. The van der Waals surface area contributed by atoms with Crippen LogP contribution >= 0.6 is 0 Å². The van der Waals surface area contributed by atoms with Crippen molar-refractivity contribution in [2.45, 2.75) is 25.2 Å². The van der Waals surface area contributed by atoms with Crippen molar-refractivity contribution in [3.05, 3.63) is 113 Å². The molecule has 1 fully saturated rings. The van der Waals surface area contributed by atoms with Gasteiger partial charge in [0.2, 0.25) is 0 Å². The van der Waals surface area contributed by atoms with E-state index in [-0.39, 0.29) is 23.3 Å². The van der Waals surface area contributed by atoms with Crippen molar-refractivity contribution in [2.24, 2.45) is 0 Å². The number of para-hydroxylation sites is 1. The topological polar surface area (TPSA) is 41.4 Å². The minimum absolute atomic E-state index is 0.0831. The van der Waals surface area contributed by atoms with Crippen LogP contribution in [0.25, 0.3) is 5.69 Å². The third kappa shape index (κ3) is 4.55. The number of anilines is 1. The molecule has 8 heteroatoms. The molecule has 2 heterocycles. The van der Waals surface area contributed by atoms with E-state index in [2.05, 4.69) is 22.1 Å². The van der Waals surface area contributed by atoms with Gasteiger partial charge in [-0.1, -0.05) is 30.3 Å². The van der Waals surface area contributed by atoms with Gasteiger partial charge in [0.25, 0.3) is 5.91 Å². The predicted molar refractivity (Wildman–Crippen MR) is 139 cm³/mol. The quantitative estimate of drug-likeness (QED) is 0.351. The van der Waals surface area contributed by atoms with Crippen molar-refractivity contribution in [3.8, 4) is 5.69 Å². The molecule has 1 aliphatic heterocycles. The van der Waals surface area contributed by atoms with Gasteiger partial charge < -0.3 is 9.80 Å². The molecule has 1 aromatic heterocycles. The van der Waals surface area contributed by atoms with Gasteiger partial charge >= 0.3 is 0 Å². The van der Waals surface area contributed by atoms with E-state index in [1.807, 2.05) is 24.3 Å². The lowest BCUT2D eigenvalue weighted by molar-refractivity contribution is 0.0739. The highest BCUT2D eigenvalue weighted by atomic mass is 19.1. The van der Waals surface area contributed by atoms with Gasteiger partial charge in [0.15, 0.2) is 11.5 Å². The average molecular weight is 517 g/mol. The van der Waals surface area contributed by atoms with E-state index in [9.17, 15) is 18.0 Å². The lowest BCUT2D eigenvalue weighted by Gasteiger charge is -2.36. The fraction of sp³-hybridized carbons (Fsp3) is 0.267. The summed E-state index contributed by atoms with van der Waals surface area (Å²) < 4.78 is 44.0. The van der Waals surface area contributed by atoms with E-state index in [4.69, 9.17) is 0 Å². The molecule has 0 bridgehead atoms. The number of piperazine rings is 1. The summed E-state index contributed by atoms with van der Waals surface area (Å²) in [7, 11) is 0. The van der Waals surface area contributed by atoms with Gasteiger partial charge in [-0.2, -0.15) is 5.10 Å². The molecule has 38 heavy (non-hydrogen) atoms. The van der Waals surface area contributed by atoms with Crippen molar-refractivity contribution in [1.82, 2.24) is 14.7 Å². The fourth-order valence-electron chi connectivity index (χ4n) is 5.70. The Balaban J connectivity index is 1.32. The number of carbonyl (C=O) groups is 1. The summed E-state index contributed by atoms with van der Waals surface area (Å²) in [5.41, 5.74) is 3.90. The van der Waals surface area contributed by atoms with Gasteiger partial charge in [0.1, 0.15) is 17.3 Å². The number of benzene rings is 3. The van der Waals surface area contributed by atoms with Gasteiger partial charge in [0, 0.05) is 49.4 Å². The Labute approximate surface area is 219 Å². The Morgan fingerprint density at radius 2 is 1.63 bits per heavy atom. The van der Waals surface area contributed by atoms with Crippen molar-refractivity contribution in [1.29, 1.82) is 0 Å². The maximum Gasteiger partial charge on any atom is 0.274 e. The second kappa shape index (κ2) is 10.0. The first-order valence-electron chi connectivity index (χ1n) is 12.9. The third-order valence-corrected chi connectivity index (χ3v) is 7.55. The number of amides is 1. The fourth-order valence-corrected chi connectivity index (χ4v) is 5.70. The number of aromatic nitrogens is 2. The molecule has 6 rings (SSSR count). The second-order valence-corrected chi connectivity index (χ2v) is 9.90. The third-order valence-electron chi connectivity index (χ3n) is 7.55. The van der Waals surface area contributed by atoms with Crippen LogP contribution in [0.3, 0.4) is 0 Å². The van der Waals surface area contributed by atoms with Gasteiger partial charge in [-0.25, -0.2) is 17.9 Å². The average Bonchev–Trinajstić information content (AvgIpc) is 3.50. The molecule has 1 atom stereocenters. The zero-order valence-electron chi connectivity index (χ0n) is 20.8. The molecule has 0 saturated carbocycles. The molecular weight excluding hydrogens is 489 g/mol. The van der Waals surface area contributed by atoms with Gasteiger partial charge in [-0.05, 0) is 61.2 Å². The Bertz CT molecular complexity index is 1480. The minimum Gasteiger partial charge on any atom is -0.368 e. The minimum atomic E-state index is -0.748. The summed E-state index contributed by atoms with van der Waals surface area (Å²) in [5, 5.41) is 4.63. The van der Waals surface area contributed by atoms with Crippen molar-refractivity contribution >= 4 is 11.6 Å². The molecular formula is C30H27F3N4O.